The third-order valence-corrected chi connectivity index (χ3v) is 3.52. The van der Waals surface area contributed by atoms with Crippen LogP contribution in [0.1, 0.15) is 19.3 Å². The first-order valence-corrected chi connectivity index (χ1v) is 7.30. The Labute approximate surface area is 124 Å². The molecule has 0 aromatic heterocycles. The number of anilines is 2. The topological polar surface area (TPSA) is 73.5 Å². The number of nitrogens with zero attached hydrogens (tertiary/aromatic N) is 1. The molecule has 0 atom stereocenters. The maximum Gasteiger partial charge on any atom is 0.321 e. The molecule has 6 nitrogen and oxygen atoms in total. The third-order valence-electron chi connectivity index (χ3n) is 3.52. The summed E-state index contributed by atoms with van der Waals surface area (Å²) < 4.78 is 0. The minimum atomic E-state index is -0.494. The molecular weight excluding hydrogens is 268 g/mol. The van der Waals surface area contributed by atoms with Crippen molar-refractivity contribution >= 4 is 23.3 Å². The Kier molecular flexibility index (Phi) is 5.43. The highest BCUT2D eigenvalue weighted by Crippen LogP contribution is 2.27. The first-order chi connectivity index (χ1) is 10.2. The van der Waals surface area contributed by atoms with Gasteiger partial charge in [0.1, 0.15) is 0 Å². The highest BCUT2D eigenvalue weighted by Gasteiger charge is 2.14. The van der Waals surface area contributed by atoms with Gasteiger partial charge in [-0.3, -0.25) is 10.1 Å². The molecule has 1 heterocycles. The summed E-state index contributed by atoms with van der Waals surface area (Å²) in [6.45, 7) is 2.16. The number of hydrogen-bond donors (Lipinski definition) is 3. The number of hydrogen-bond acceptors (Lipinski definition) is 4. The average molecular weight is 290 g/mol. The highest BCUT2D eigenvalue weighted by atomic mass is 16.2. The van der Waals surface area contributed by atoms with Gasteiger partial charge >= 0.3 is 6.03 Å². The molecular formula is C15H22N4O2. The van der Waals surface area contributed by atoms with Crippen molar-refractivity contribution in [3.8, 4) is 0 Å². The van der Waals surface area contributed by atoms with E-state index >= 15 is 0 Å². The molecule has 1 aliphatic heterocycles. The lowest BCUT2D eigenvalue weighted by atomic mass is 10.1. The fourth-order valence-corrected chi connectivity index (χ4v) is 2.44. The molecule has 1 saturated heterocycles. The molecule has 3 amide bonds. The van der Waals surface area contributed by atoms with Crippen molar-refractivity contribution in [3.05, 3.63) is 24.3 Å². The van der Waals surface area contributed by atoms with E-state index in [1.54, 1.807) is 0 Å². The molecule has 0 saturated carbocycles. The number of rotatable bonds is 4. The van der Waals surface area contributed by atoms with Gasteiger partial charge in [0, 0.05) is 20.1 Å². The zero-order valence-electron chi connectivity index (χ0n) is 12.3. The van der Waals surface area contributed by atoms with Gasteiger partial charge in [0.05, 0.1) is 17.9 Å². The number of urea groups is 1. The highest BCUT2D eigenvalue weighted by molar-refractivity contribution is 5.96. The fraction of sp³-hybridized carbons (Fsp3) is 0.467. The summed E-state index contributed by atoms with van der Waals surface area (Å²) in [5.74, 6) is -0.359. The molecule has 2 rings (SSSR count). The molecule has 1 fully saturated rings. The van der Waals surface area contributed by atoms with Gasteiger partial charge in [0.15, 0.2) is 0 Å². The summed E-state index contributed by atoms with van der Waals surface area (Å²) in [4.78, 5) is 25.0. The molecule has 1 aliphatic rings. The Morgan fingerprint density at radius 3 is 2.57 bits per heavy atom. The maximum atomic E-state index is 11.6. The lowest BCUT2D eigenvalue weighted by Gasteiger charge is -2.30. The molecule has 1 aromatic carbocycles. The Morgan fingerprint density at radius 2 is 1.86 bits per heavy atom. The van der Waals surface area contributed by atoms with E-state index < -0.39 is 6.03 Å². The Balaban J connectivity index is 1.96. The lowest BCUT2D eigenvalue weighted by Crippen LogP contribution is -2.40. The van der Waals surface area contributed by atoms with Crippen molar-refractivity contribution in [3.63, 3.8) is 0 Å². The summed E-state index contributed by atoms with van der Waals surface area (Å²) in [5, 5.41) is 7.69. The van der Waals surface area contributed by atoms with E-state index in [4.69, 9.17) is 0 Å². The molecule has 0 radical (unpaired) electrons. The van der Waals surface area contributed by atoms with Crippen LogP contribution in [0.25, 0.3) is 0 Å². The first-order valence-electron chi connectivity index (χ1n) is 7.30. The SMILES string of the molecule is CNC(=O)NC(=O)CNc1ccccc1N1CCCCC1. The number of benzene rings is 1. The molecule has 0 aliphatic carbocycles. The summed E-state index contributed by atoms with van der Waals surface area (Å²) in [6, 6.07) is 7.46. The van der Waals surface area contributed by atoms with Crippen LogP contribution in [-0.2, 0) is 4.79 Å². The van der Waals surface area contributed by atoms with E-state index in [0.717, 1.165) is 24.5 Å². The number of carbonyl (C=O) groups excluding carboxylic acids is 2. The second-order valence-corrected chi connectivity index (χ2v) is 5.05. The Hall–Kier alpha value is -2.24. The van der Waals surface area contributed by atoms with Gasteiger partial charge in [-0.25, -0.2) is 4.79 Å². The monoisotopic (exact) mass is 290 g/mol. The molecule has 21 heavy (non-hydrogen) atoms. The fourth-order valence-electron chi connectivity index (χ4n) is 2.44. The van der Waals surface area contributed by atoms with Crippen LogP contribution in [0.2, 0.25) is 0 Å². The van der Waals surface area contributed by atoms with E-state index in [2.05, 4.69) is 26.9 Å². The van der Waals surface area contributed by atoms with Gasteiger partial charge in [0.2, 0.25) is 5.91 Å². The quantitative estimate of drug-likeness (QED) is 0.786. The number of para-hydroxylation sites is 2. The van der Waals surface area contributed by atoms with Crippen LogP contribution in [0.4, 0.5) is 16.2 Å². The van der Waals surface area contributed by atoms with Gasteiger partial charge < -0.3 is 15.5 Å². The van der Waals surface area contributed by atoms with E-state index in [1.807, 2.05) is 18.2 Å². The van der Waals surface area contributed by atoms with Crippen LogP contribution < -0.4 is 20.9 Å². The standard InChI is InChI=1S/C15H22N4O2/c1-16-15(21)18-14(20)11-17-12-7-3-4-8-13(12)19-9-5-2-6-10-19/h3-4,7-8,17H,2,5-6,9-11H2,1H3,(H2,16,18,20,21). The first kappa shape index (κ1) is 15.2. The average Bonchev–Trinajstić information content (AvgIpc) is 2.54. The van der Waals surface area contributed by atoms with Crippen molar-refractivity contribution in [2.45, 2.75) is 19.3 Å². The number of imide groups is 1. The van der Waals surface area contributed by atoms with Crippen molar-refractivity contribution in [2.75, 3.05) is 36.9 Å². The summed E-state index contributed by atoms with van der Waals surface area (Å²) >= 11 is 0. The molecule has 6 heteroatoms. The van der Waals surface area contributed by atoms with Crippen LogP contribution >= 0.6 is 0 Å². The maximum absolute atomic E-state index is 11.6. The van der Waals surface area contributed by atoms with Gasteiger partial charge in [-0.2, -0.15) is 0 Å². The number of piperidine rings is 1. The van der Waals surface area contributed by atoms with Crippen LogP contribution in [0.3, 0.4) is 0 Å². The van der Waals surface area contributed by atoms with E-state index in [9.17, 15) is 9.59 Å². The van der Waals surface area contributed by atoms with E-state index in [1.165, 1.54) is 26.3 Å². The van der Waals surface area contributed by atoms with E-state index in [-0.39, 0.29) is 12.5 Å². The van der Waals surface area contributed by atoms with Crippen molar-refractivity contribution in [1.82, 2.24) is 10.6 Å². The minimum absolute atomic E-state index is 0.0677. The van der Waals surface area contributed by atoms with Crippen LogP contribution in [0.5, 0.6) is 0 Å². The number of carbonyl (C=O) groups is 2. The largest absolute Gasteiger partial charge is 0.374 e. The van der Waals surface area contributed by atoms with Crippen molar-refractivity contribution < 1.29 is 9.59 Å². The zero-order valence-corrected chi connectivity index (χ0v) is 12.3. The van der Waals surface area contributed by atoms with Gasteiger partial charge in [0.25, 0.3) is 0 Å². The predicted molar refractivity (Wildman–Crippen MR) is 83.6 cm³/mol. The van der Waals surface area contributed by atoms with E-state index in [0.29, 0.717) is 0 Å². The summed E-state index contributed by atoms with van der Waals surface area (Å²) in [6.07, 6.45) is 3.68. The molecule has 0 spiro atoms. The lowest BCUT2D eigenvalue weighted by molar-refractivity contribution is -0.118. The molecule has 1 aromatic rings. The normalized spacial score (nSPS) is 14.4. The van der Waals surface area contributed by atoms with Crippen LogP contribution in [0, 0.1) is 0 Å². The summed E-state index contributed by atoms with van der Waals surface area (Å²) in [7, 11) is 1.47. The Morgan fingerprint density at radius 1 is 1.14 bits per heavy atom. The van der Waals surface area contributed by atoms with Gasteiger partial charge in [-0.05, 0) is 31.4 Å². The van der Waals surface area contributed by atoms with Crippen LogP contribution in [0.15, 0.2) is 24.3 Å². The molecule has 3 N–H and O–H groups in total. The second-order valence-electron chi connectivity index (χ2n) is 5.05. The second kappa shape index (κ2) is 7.52. The smallest absolute Gasteiger partial charge is 0.321 e. The van der Waals surface area contributed by atoms with Gasteiger partial charge in [-0.15, -0.1) is 0 Å². The zero-order chi connectivity index (χ0) is 15.1. The van der Waals surface area contributed by atoms with Crippen molar-refractivity contribution in [1.29, 1.82) is 0 Å². The third kappa shape index (κ3) is 4.37. The Bertz CT molecular complexity index is 498. The molecule has 114 valence electrons. The summed E-state index contributed by atoms with van der Waals surface area (Å²) in [5.41, 5.74) is 2.04. The number of amides is 3. The molecule has 0 unspecified atom stereocenters. The minimum Gasteiger partial charge on any atom is -0.374 e. The number of nitrogens with one attached hydrogen (secondary N) is 3. The molecule has 0 bridgehead atoms. The van der Waals surface area contributed by atoms with Gasteiger partial charge in [-0.1, -0.05) is 12.1 Å². The predicted octanol–water partition coefficient (Wildman–Crippen LogP) is 1.54. The van der Waals surface area contributed by atoms with Crippen LogP contribution in [-0.4, -0.2) is 38.6 Å². The van der Waals surface area contributed by atoms with Crippen molar-refractivity contribution in [2.24, 2.45) is 0 Å².